The van der Waals surface area contributed by atoms with Gasteiger partial charge in [-0.2, -0.15) is 0 Å². The number of rotatable bonds is 4. The second kappa shape index (κ2) is 7.03. The zero-order valence-electron chi connectivity index (χ0n) is 16.2. The van der Waals surface area contributed by atoms with Gasteiger partial charge >= 0.3 is 13.5 Å². The summed E-state index contributed by atoms with van der Waals surface area (Å²) >= 11 is 0. The molecular weight excluding hydrogens is 390 g/mol. The van der Waals surface area contributed by atoms with Gasteiger partial charge in [-0.15, -0.1) is 13.2 Å². The van der Waals surface area contributed by atoms with Gasteiger partial charge in [0.15, 0.2) is 0 Å². The lowest BCUT2D eigenvalue weighted by atomic mass is 9.74. The third kappa shape index (κ3) is 4.23. The Morgan fingerprint density at radius 2 is 1.59 bits per heavy atom. The van der Waals surface area contributed by atoms with E-state index in [0.29, 0.717) is 0 Å². The monoisotopic (exact) mass is 409 g/mol. The first kappa shape index (κ1) is 21.1. The first-order valence-corrected chi connectivity index (χ1v) is 8.80. The number of hydrogen-bond donors (Lipinski definition) is 0. The van der Waals surface area contributed by atoms with E-state index in [1.165, 1.54) is 36.4 Å². The minimum Gasteiger partial charge on any atom is -0.405 e. The van der Waals surface area contributed by atoms with Crippen molar-refractivity contribution in [2.75, 3.05) is 0 Å². The second-order valence-corrected chi connectivity index (χ2v) is 7.66. The zero-order valence-corrected chi connectivity index (χ0v) is 16.2. The van der Waals surface area contributed by atoms with Crippen LogP contribution in [-0.4, -0.2) is 29.6 Å². The van der Waals surface area contributed by atoms with Crippen LogP contribution < -0.4 is 10.2 Å². The molecule has 0 saturated carbocycles. The first-order valence-electron chi connectivity index (χ1n) is 8.80. The Labute approximate surface area is 165 Å². The van der Waals surface area contributed by atoms with Crippen molar-refractivity contribution in [3.05, 3.63) is 52.6 Å². The highest BCUT2D eigenvalue weighted by Gasteiger charge is 2.52. The molecule has 0 amide bonds. The maximum Gasteiger partial charge on any atom is 0.573 e. The first-order chi connectivity index (χ1) is 13.3. The summed E-state index contributed by atoms with van der Waals surface area (Å²) in [7, 11) is -1.01. The van der Waals surface area contributed by atoms with Crippen LogP contribution in [0.1, 0.15) is 27.7 Å². The maximum atomic E-state index is 12.9. The molecule has 10 heteroatoms. The summed E-state index contributed by atoms with van der Waals surface area (Å²) in [6, 6.07) is 9.42. The Kier molecular flexibility index (Phi) is 5.12. The van der Waals surface area contributed by atoms with Crippen LogP contribution in [0, 0.1) is 10.1 Å². The van der Waals surface area contributed by atoms with Crippen molar-refractivity contribution in [3.63, 3.8) is 0 Å². The van der Waals surface area contributed by atoms with Gasteiger partial charge in [0.25, 0.3) is 5.69 Å². The van der Waals surface area contributed by atoms with Gasteiger partial charge in [-0.1, -0.05) is 18.2 Å². The van der Waals surface area contributed by atoms with Crippen LogP contribution in [0.5, 0.6) is 5.75 Å². The summed E-state index contributed by atoms with van der Waals surface area (Å²) in [5, 5.41) is 11.3. The van der Waals surface area contributed by atoms with Gasteiger partial charge in [0.05, 0.1) is 16.1 Å². The predicted octanol–water partition coefficient (Wildman–Crippen LogP) is 4.46. The number of benzene rings is 2. The Morgan fingerprint density at radius 3 is 2.14 bits per heavy atom. The molecule has 1 heterocycles. The third-order valence-corrected chi connectivity index (χ3v) is 5.16. The van der Waals surface area contributed by atoms with E-state index < -0.39 is 35.4 Å². The summed E-state index contributed by atoms with van der Waals surface area (Å²) in [4.78, 5) is 10.7. The number of nitro benzene ring substituents is 1. The van der Waals surface area contributed by atoms with Gasteiger partial charge in [-0.3, -0.25) is 10.1 Å². The second-order valence-electron chi connectivity index (χ2n) is 7.66. The van der Waals surface area contributed by atoms with Crippen LogP contribution >= 0.6 is 0 Å². The number of ether oxygens (including phenoxy) is 1. The minimum atomic E-state index is -4.89. The molecule has 0 radical (unpaired) electrons. The van der Waals surface area contributed by atoms with E-state index in [1.807, 2.05) is 27.7 Å². The Bertz CT molecular complexity index is 930. The Balaban J connectivity index is 2.16. The summed E-state index contributed by atoms with van der Waals surface area (Å²) in [5.74, 6) is -0.424. The number of non-ortho nitro benzene ring substituents is 1. The Hall–Kier alpha value is -2.59. The lowest BCUT2D eigenvalue weighted by molar-refractivity contribution is -0.384. The molecule has 0 aliphatic carbocycles. The van der Waals surface area contributed by atoms with E-state index in [4.69, 9.17) is 9.31 Å². The molecule has 0 bridgehead atoms. The fraction of sp³-hybridized carbons (Fsp3) is 0.368. The van der Waals surface area contributed by atoms with E-state index in [0.717, 1.165) is 0 Å². The standard InChI is InChI=1S/C19H19BF3NO5/c1-17(2)18(3,4)29-20(28-17)15-11-12(24(25)26)9-10-13(15)14-7-5-6-8-16(14)27-19(21,22)23/h5-11H,1-4H3. The quantitative estimate of drug-likeness (QED) is 0.424. The fourth-order valence-electron chi connectivity index (χ4n) is 2.98. The van der Waals surface area contributed by atoms with E-state index in [-0.39, 0.29) is 22.3 Å². The number of hydrogen-bond acceptors (Lipinski definition) is 5. The maximum absolute atomic E-state index is 12.9. The van der Waals surface area contributed by atoms with Crippen molar-refractivity contribution in [2.45, 2.75) is 45.3 Å². The van der Waals surface area contributed by atoms with E-state index in [1.54, 1.807) is 6.07 Å². The smallest absolute Gasteiger partial charge is 0.405 e. The van der Waals surface area contributed by atoms with Crippen LogP contribution in [0.3, 0.4) is 0 Å². The van der Waals surface area contributed by atoms with Gasteiger partial charge in [0.2, 0.25) is 0 Å². The fourth-order valence-corrected chi connectivity index (χ4v) is 2.98. The van der Waals surface area contributed by atoms with E-state index >= 15 is 0 Å². The predicted molar refractivity (Wildman–Crippen MR) is 101 cm³/mol. The molecule has 1 aliphatic heterocycles. The molecule has 0 N–H and O–H groups in total. The molecule has 2 aromatic carbocycles. The molecular formula is C19H19BF3NO5. The normalized spacial score (nSPS) is 18.0. The average Bonchev–Trinajstić information content (AvgIpc) is 2.81. The summed E-state index contributed by atoms with van der Waals surface area (Å²) < 4.78 is 54.7. The number of nitro groups is 1. The highest BCUT2D eigenvalue weighted by atomic mass is 19.4. The van der Waals surface area contributed by atoms with Crippen LogP contribution in [0.2, 0.25) is 0 Å². The van der Waals surface area contributed by atoms with Gasteiger partial charge in [-0.25, -0.2) is 0 Å². The Morgan fingerprint density at radius 1 is 1.00 bits per heavy atom. The zero-order chi connectivity index (χ0) is 21.6. The highest BCUT2D eigenvalue weighted by Crippen LogP contribution is 2.39. The molecule has 0 atom stereocenters. The lowest BCUT2D eigenvalue weighted by Crippen LogP contribution is -2.41. The summed E-state index contributed by atoms with van der Waals surface area (Å²) in [6.07, 6.45) is -4.89. The number of nitrogens with zero attached hydrogens (tertiary/aromatic N) is 1. The molecule has 1 aliphatic rings. The number of para-hydroxylation sites is 1. The molecule has 0 aromatic heterocycles. The molecule has 154 valence electrons. The van der Waals surface area contributed by atoms with E-state index in [9.17, 15) is 23.3 Å². The third-order valence-electron chi connectivity index (χ3n) is 5.16. The van der Waals surface area contributed by atoms with Crippen LogP contribution in [0.15, 0.2) is 42.5 Å². The van der Waals surface area contributed by atoms with Crippen LogP contribution in [0.4, 0.5) is 18.9 Å². The van der Waals surface area contributed by atoms with Gasteiger partial charge in [-0.05, 0) is 50.9 Å². The summed E-state index contributed by atoms with van der Waals surface area (Å²) in [6.45, 7) is 7.24. The van der Waals surface area contributed by atoms with Crippen molar-refractivity contribution < 1.29 is 32.1 Å². The molecule has 1 saturated heterocycles. The summed E-state index contributed by atoms with van der Waals surface area (Å²) in [5.41, 5.74) is -1.05. The molecule has 1 fully saturated rings. The topological polar surface area (TPSA) is 70.8 Å². The minimum absolute atomic E-state index is 0.115. The van der Waals surface area contributed by atoms with Crippen LogP contribution in [0.25, 0.3) is 11.1 Å². The van der Waals surface area contributed by atoms with Crippen molar-refractivity contribution in [3.8, 4) is 16.9 Å². The highest BCUT2D eigenvalue weighted by molar-refractivity contribution is 6.64. The van der Waals surface area contributed by atoms with Crippen molar-refractivity contribution in [1.29, 1.82) is 0 Å². The largest absolute Gasteiger partial charge is 0.573 e. The lowest BCUT2D eigenvalue weighted by Gasteiger charge is -2.32. The number of alkyl halides is 3. The van der Waals surface area contributed by atoms with Gasteiger partial charge in [0, 0.05) is 17.7 Å². The molecule has 0 unspecified atom stereocenters. The van der Waals surface area contributed by atoms with Crippen molar-refractivity contribution in [1.82, 2.24) is 0 Å². The van der Waals surface area contributed by atoms with Gasteiger partial charge < -0.3 is 14.0 Å². The SMILES string of the molecule is CC1(C)OB(c2cc([N+](=O)[O-])ccc2-c2ccccc2OC(F)(F)F)OC1(C)C. The van der Waals surface area contributed by atoms with Gasteiger partial charge in [0.1, 0.15) is 5.75 Å². The average molecular weight is 409 g/mol. The van der Waals surface area contributed by atoms with Crippen molar-refractivity contribution in [2.24, 2.45) is 0 Å². The number of halogens is 3. The molecule has 29 heavy (non-hydrogen) atoms. The molecule has 0 spiro atoms. The van der Waals surface area contributed by atoms with E-state index in [2.05, 4.69) is 4.74 Å². The molecule has 3 rings (SSSR count). The molecule has 2 aromatic rings. The van der Waals surface area contributed by atoms with Crippen LogP contribution in [-0.2, 0) is 9.31 Å². The molecule has 6 nitrogen and oxygen atoms in total. The van der Waals surface area contributed by atoms with Crippen molar-refractivity contribution >= 4 is 18.3 Å².